The van der Waals surface area contributed by atoms with E-state index in [4.69, 9.17) is 0 Å². The monoisotopic (exact) mass is 422 g/mol. The first-order valence-electron chi connectivity index (χ1n) is 9.39. The highest BCUT2D eigenvalue weighted by Gasteiger charge is 2.17. The van der Waals surface area contributed by atoms with Crippen molar-refractivity contribution >= 4 is 33.4 Å². The zero-order valence-corrected chi connectivity index (χ0v) is 17.0. The summed E-state index contributed by atoms with van der Waals surface area (Å²) in [6, 6.07) is 16.8. The number of aryl methyl sites for hydroxylation is 1. The highest BCUT2D eigenvalue weighted by molar-refractivity contribution is 7.20. The third-order valence-corrected chi connectivity index (χ3v) is 5.68. The number of hydrogen-bond acceptors (Lipinski definition) is 4. The molecular weight excluding hydrogens is 403 g/mol. The van der Waals surface area contributed by atoms with Crippen molar-refractivity contribution in [2.24, 2.45) is 0 Å². The molecule has 0 radical (unpaired) electrons. The summed E-state index contributed by atoms with van der Waals surface area (Å²) in [4.78, 5) is 25.9. The van der Waals surface area contributed by atoms with Crippen LogP contribution in [0.15, 0.2) is 60.7 Å². The Labute approximate surface area is 176 Å². The van der Waals surface area contributed by atoms with E-state index < -0.39 is 0 Å². The smallest absolute Gasteiger partial charge is 0.261 e. The van der Waals surface area contributed by atoms with Crippen molar-refractivity contribution < 1.29 is 14.0 Å². The van der Waals surface area contributed by atoms with Crippen molar-refractivity contribution in [1.82, 2.24) is 20.4 Å². The summed E-state index contributed by atoms with van der Waals surface area (Å²) in [6.45, 7) is 2.51. The van der Waals surface area contributed by atoms with E-state index in [9.17, 15) is 14.0 Å². The van der Waals surface area contributed by atoms with Crippen molar-refractivity contribution in [3.05, 3.63) is 82.6 Å². The van der Waals surface area contributed by atoms with E-state index in [1.807, 2.05) is 13.0 Å². The molecule has 6 nitrogen and oxygen atoms in total. The maximum absolute atomic E-state index is 13.2. The van der Waals surface area contributed by atoms with Crippen LogP contribution in [0, 0.1) is 12.7 Å². The van der Waals surface area contributed by atoms with E-state index in [-0.39, 0.29) is 17.6 Å². The van der Waals surface area contributed by atoms with Crippen LogP contribution in [0.5, 0.6) is 0 Å². The lowest BCUT2D eigenvalue weighted by molar-refractivity contribution is 0.0929. The zero-order chi connectivity index (χ0) is 21.1. The molecule has 0 aliphatic rings. The number of nitrogens with one attached hydrogen (secondary N) is 2. The molecule has 2 N–H and O–H groups in total. The van der Waals surface area contributed by atoms with Crippen molar-refractivity contribution in [2.75, 3.05) is 13.1 Å². The van der Waals surface area contributed by atoms with Gasteiger partial charge >= 0.3 is 0 Å². The Morgan fingerprint density at radius 3 is 2.37 bits per heavy atom. The molecule has 8 heteroatoms. The van der Waals surface area contributed by atoms with Gasteiger partial charge in [-0.3, -0.25) is 9.59 Å². The summed E-state index contributed by atoms with van der Waals surface area (Å²) in [5.74, 6) is -0.707. The molecule has 0 saturated carbocycles. The first kappa shape index (κ1) is 19.8. The maximum Gasteiger partial charge on any atom is 0.261 e. The number of fused-ring (bicyclic) bond motifs is 1. The van der Waals surface area contributed by atoms with E-state index in [1.54, 1.807) is 47.1 Å². The molecule has 2 amide bonds. The Hall–Kier alpha value is -3.52. The van der Waals surface area contributed by atoms with Crippen LogP contribution in [-0.2, 0) is 0 Å². The molecule has 0 saturated heterocycles. The summed E-state index contributed by atoms with van der Waals surface area (Å²) in [5, 5.41) is 11.0. The van der Waals surface area contributed by atoms with Gasteiger partial charge in [0.2, 0.25) is 0 Å². The summed E-state index contributed by atoms with van der Waals surface area (Å²) in [7, 11) is 0. The minimum absolute atomic E-state index is 0.179. The average Bonchev–Trinajstić information content (AvgIpc) is 3.33. The Bertz CT molecular complexity index is 1200. The van der Waals surface area contributed by atoms with Gasteiger partial charge in [-0.2, -0.15) is 5.10 Å². The summed E-state index contributed by atoms with van der Waals surface area (Å²) in [5.41, 5.74) is 2.10. The van der Waals surface area contributed by atoms with E-state index in [1.165, 1.54) is 23.5 Å². The molecule has 2 aromatic heterocycles. The lowest BCUT2D eigenvalue weighted by Gasteiger charge is -2.06. The standard InChI is InChI=1S/C22H19FN4O2S/c1-14-18-13-19(30-22(18)27(26-14)17-9-7-16(23)8-10-17)21(29)25-12-11-24-20(28)15-5-3-2-4-6-15/h2-10,13H,11-12H2,1H3,(H,24,28)(H,25,29). The molecule has 0 aliphatic heterocycles. The molecule has 0 atom stereocenters. The van der Waals surface area contributed by atoms with Crippen LogP contribution >= 0.6 is 11.3 Å². The number of carbonyl (C=O) groups excluding carboxylic acids is 2. The Morgan fingerprint density at radius 1 is 1.00 bits per heavy atom. The summed E-state index contributed by atoms with van der Waals surface area (Å²) in [6.07, 6.45) is 0. The van der Waals surface area contributed by atoms with Gasteiger partial charge in [-0.15, -0.1) is 11.3 Å². The van der Waals surface area contributed by atoms with Gasteiger partial charge in [-0.05, 0) is 49.4 Å². The Kier molecular flexibility index (Phi) is 5.58. The third-order valence-electron chi connectivity index (χ3n) is 4.57. The number of hydrogen-bond donors (Lipinski definition) is 2. The van der Waals surface area contributed by atoms with Crippen LogP contribution in [0.25, 0.3) is 15.9 Å². The SMILES string of the molecule is Cc1nn(-c2ccc(F)cc2)c2sc(C(=O)NCCNC(=O)c3ccccc3)cc12. The topological polar surface area (TPSA) is 76.0 Å². The second-order valence-electron chi connectivity index (χ2n) is 6.68. The lowest BCUT2D eigenvalue weighted by atomic mass is 10.2. The van der Waals surface area contributed by atoms with Crippen LogP contribution in [0.4, 0.5) is 4.39 Å². The number of aromatic nitrogens is 2. The predicted octanol–water partition coefficient (Wildman–Crippen LogP) is 3.69. The van der Waals surface area contributed by atoms with E-state index in [2.05, 4.69) is 15.7 Å². The number of amides is 2. The van der Waals surface area contributed by atoms with Gasteiger partial charge in [-0.1, -0.05) is 18.2 Å². The Balaban J connectivity index is 1.41. The summed E-state index contributed by atoms with van der Waals surface area (Å²) >= 11 is 1.32. The fourth-order valence-electron chi connectivity index (χ4n) is 3.05. The van der Waals surface area contributed by atoms with E-state index >= 15 is 0 Å². The first-order valence-corrected chi connectivity index (χ1v) is 10.2. The zero-order valence-electron chi connectivity index (χ0n) is 16.2. The molecule has 0 aliphatic carbocycles. The third kappa shape index (κ3) is 4.08. The van der Waals surface area contributed by atoms with Crippen molar-refractivity contribution in [2.45, 2.75) is 6.92 Å². The Morgan fingerprint density at radius 2 is 1.67 bits per heavy atom. The molecule has 4 aromatic rings. The second kappa shape index (κ2) is 8.46. The molecule has 0 bridgehead atoms. The molecule has 152 valence electrons. The summed E-state index contributed by atoms with van der Waals surface area (Å²) < 4.78 is 14.9. The average molecular weight is 422 g/mol. The molecule has 0 unspecified atom stereocenters. The second-order valence-corrected chi connectivity index (χ2v) is 7.71. The van der Waals surface area contributed by atoms with Gasteiger partial charge in [-0.25, -0.2) is 9.07 Å². The molecule has 4 rings (SSSR count). The van der Waals surface area contributed by atoms with Crippen molar-refractivity contribution in [3.8, 4) is 5.69 Å². The molecule has 0 fully saturated rings. The fourth-order valence-corrected chi connectivity index (χ4v) is 4.15. The van der Waals surface area contributed by atoms with Gasteiger partial charge < -0.3 is 10.6 Å². The minimum Gasteiger partial charge on any atom is -0.350 e. The normalized spacial score (nSPS) is 10.9. The highest BCUT2D eigenvalue weighted by atomic mass is 32.1. The van der Waals surface area contributed by atoms with Crippen LogP contribution in [0.3, 0.4) is 0 Å². The van der Waals surface area contributed by atoms with Gasteiger partial charge in [0.1, 0.15) is 10.6 Å². The highest BCUT2D eigenvalue weighted by Crippen LogP contribution is 2.30. The number of rotatable bonds is 6. The number of halogens is 1. The first-order chi connectivity index (χ1) is 14.5. The molecular formula is C22H19FN4O2S. The number of thiophene rings is 1. The quantitative estimate of drug-likeness (QED) is 0.465. The van der Waals surface area contributed by atoms with Gasteiger partial charge in [0.15, 0.2) is 0 Å². The number of carbonyl (C=O) groups is 2. The van der Waals surface area contributed by atoms with E-state index in [0.717, 1.165) is 21.6 Å². The van der Waals surface area contributed by atoms with Gasteiger partial charge in [0.05, 0.1) is 16.3 Å². The largest absolute Gasteiger partial charge is 0.350 e. The van der Waals surface area contributed by atoms with Gasteiger partial charge in [0, 0.05) is 24.0 Å². The minimum atomic E-state index is -0.315. The predicted molar refractivity (Wildman–Crippen MR) is 115 cm³/mol. The van der Waals surface area contributed by atoms with Crippen LogP contribution in [-0.4, -0.2) is 34.7 Å². The van der Waals surface area contributed by atoms with Crippen molar-refractivity contribution in [3.63, 3.8) is 0 Å². The number of nitrogens with zero attached hydrogens (tertiary/aromatic N) is 2. The molecule has 2 aromatic carbocycles. The van der Waals surface area contributed by atoms with Crippen molar-refractivity contribution in [1.29, 1.82) is 0 Å². The number of benzene rings is 2. The molecule has 0 spiro atoms. The van der Waals surface area contributed by atoms with Gasteiger partial charge in [0.25, 0.3) is 11.8 Å². The fraction of sp³-hybridized carbons (Fsp3) is 0.136. The van der Waals surface area contributed by atoms with Crippen LogP contribution in [0.2, 0.25) is 0 Å². The maximum atomic E-state index is 13.2. The molecule has 30 heavy (non-hydrogen) atoms. The molecule has 2 heterocycles. The van der Waals surface area contributed by atoms with Crippen LogP contribution < -0.4 is 10.6 Å². The van der Waals surface area contributed by atoms with E-state index in [0.29, 0.717) is 23.5 Å². The van der Waals surface area contributed by atoms with Crippen LogP contribution in [0.1, 0.15) is 25.7 Å². The lowest BCUT2D eigenvalue weighted by Crippen LogP contribution is -2.34.